The lowest BCUT2D eigenvalue weighted by Gasteiger charge is -2.25. The predicted octanol–water partition coefficient (Wildman–Crippen LogP) is 3.28. The van der Waals surface area contributed by atoms with Crippen molar-refractivity contribution in [2.24, 2.45) is 0 Å². The second-order valence-corrected chi connectivity index (χ2v) is 6.22. The third-order valence-corrected chi connectivity index (χ3v) is 4.47. The molecule has 25 heavy (non-hydrogen) atoms. The van der Waals surface area contributed by atoms with Crippen molar-refractivity contribution in [1.29, 1.82) is 0 Å². The predicted molar refractivity (Wildman–Crippen MR) is 92.8 cm³/mol. The molecule has 2 aromatic rings. The van der Waals surface area contributed by atoms with Gasteiger partial charge in [0.25, 0.3) is 0 Å². The number of aromatic nitrogens is 1. The molecule has 1 saturated heterocycles. The molecule has 0 aliphatic carbocycles. The van der Waals surface area contributed by atoms with E-state index in [9.17, 15) is 9.18 Å². The number of rotatable bonds is 5. The van der Waals surface area contributed by atoms with Crippen LogP contribution in [0.2, 0.25) is 0 Å². The van der Waals surface area contributed by atoms with Crippen LogP contribution >= 0.6 is 0 Å². The molecular formula is C19H22FN3O2. The molecule has 1 fully saturated rings. The number of benzene rings is 1. The van der Waals surface area contributed by atoms with Crippen molar-refractivity contribution in [2.75, 3.05) is 13.2 Å². The Balaban J connectivity index is 1.52. The van der Waals surface area contributed by atoms with Crippen LogP contribution in [0.4, 0.5) is 9.18 Å². The Bertz CT molecular complexity index is 721. The zero-order valence-corrected chi connectivity index (χ0v) is 14.2. The van der Waals surface area contributed by atoms with E-state index in [1.165, 1.54) is 12.1 Å². The second kappa shape index (κ2) is 7.96. The highest BCUT2D eigenvalue weighted by Crippen LogP contribution is 2.20. The van der Waals surface area contributed by atoms with Crippen LogP contribution in [0.3, 0.4) is 0 Å². The van der Waals surface area contributed by atoms with Crippen molar-refractivity contribution < 1.29 is 13.9 Å². The van der Waals surface area contributed by atoms with Gasteiger partial charge < -0.3 is 15.0 Å². The van der Waals surface area contributed by atoms with Gasteiger partial charge in [-0.1, -0.05) is 0 Å². The highest BCUT2D eigenvalue weighted by molar-refractivity contribution is 5.74. The number of nitrogens with one attached hydrogen (secondary N) is 1. The third-order valence-electron chi connectivity index (χ3n) is 4.47. The second-order valence-electron chi connectivity index (χ2n) is 6.22. The number of urea groups is 1. The maximum Gasteiger partial charge on any atom is 0.318 e. The first-order valence-corrected chi connectivity index (χ1v) is 8.46. The van der Waals surface area contributed by atoms with E-state index >= 15 is 0 Å². The van der Waals surface area contributed by atoms with Crippen LogP contribution in [-0.2, 0) is 6.54 Å². The number of nitrogens with zero attached hydrogens (tertiary/aromatic N) is 2. The van der Waals surface area contributed by atoms with E-state index in [1.807, 2.05) is 17.9 Å². The number of pyridine rings is 1. The Labute approximate surface area is 146 Å². The van der Waals surface area contributed by atoms with Crippen LogP contribution in [0.5, 0.6) is 5.75 Å². The van der Waals surface area contributed by atoms with Gasteiger partial charge in [-0.3, -0.25) is 4.98 Å². The molecule has 2 amide bonds. The number of aryl methyl sites for hydroxylation is 1. The molecule has 0 spiro atoms. The molecule has 2 heterocycles. The molecule has 1 N–H and O–H groups in total. The van der Waals surface area contributed by atoms with Crippen molar-refractivity contribution in [3.8, 4) is 5.75 Å². The number of ether oxygens (including phenoxy) is 1. The fourth-order valence-electron chi connectivity index (χ4n) is 2.95. The van der Waals surface area contributed by atoms with Crippen LogP contribution in [0, 0.1) is 12.7 Å². The topological polar surface area (TPSA) is 54.5 Å². The number of halogens is 1. The van der Waals surface area contributed by atoms with E-state index in [2.05, 4.69) is 10.3 Å². The van der Waals surface area contributed by atoms with Crippen molar-refractivity contribution in [3.05, 3.63) is 59.7 Å². The standard InChI is InChI=1S/C19H22FN3O2/c1-14-8-9-21-11-15(14)12-22-19(24)23-10-2-3-17(23)13-25-18-6-4-16(20)5-7-18/h4-9,11,17H,2-3,10,12-13H2,1H3,(H,22,24)/t17-/m0/s1. The Morgan fingerprint density at radius 1 is 1.36 bits per heavy atom. The maximum atomic E-state index is 12.9. The van der Waals surface area contributed by atoms with E-state index < -0.39 is 0 Å². The van der Waals surface area contributed by atoms with Crippen molar-refractivity contribution in [3.63, 3.8) is 0 Å². The van der Waals surface area contributed by atoms with Gasteiger partial charge in [0.05, 0.1) is 6.04 Å². The molecule has 1 atom stereocenters. The lowest BCUT2D eigenvalue weighted by molar-refractivity contribution is 0.165. The lowest BCUT2D eigenvalue weighted by Crippen LogP contribution is -2.44. The van der Waals surface area contributed by atoms with E-state index in [4.69, 9.17) is 4.74 Å². The number of likely N-dealkylation sites (tertiary alicyclic amines) is 1. The number of amides is 2. The van der Waals surface area contributed by atoms with Gasteiger partial charge in [-0.25, -0.2) is 9.18 Å². The minimum Gasteiger partial charge on any atom is -0.491 e. The molecular weight excluding hydrogens is 321 g/mol. The zero-order valence-electron chi connectivity index (χ0n) is 14.2. The number of carbonyl (C=O) groups excluding carboxylic acids is 1. The van der Waals surface area contributed by atoms with E-state index in [1.54, 1.807) is 24.5 Å². The molecule has 1 aromatic heterocycles. The van der Waals surface area contributed by atoms with Crippen LogP contribution < -0.4 is 10.1 Å². The molecule has 1 aliphatic heterocycles. The maximum absolute atomic E-state index is 12.9. The van der Waals surface area contributed by atoms with Crippen molar-refractivity contribution in [2.45, 2.75) is 32.4 Å². The highest BCUT2D eigenvalue weighted by Gasteiger charge is 2.29. The summed E-state index contributed by atoms with van der Waals surface area (Å²) < 4.78 is 18.6. The first kappa shape index (κ1) is 17.2. The van der Waals surface area contributed by atoms with Gasteiger partial charge in [-0.2, -0.15) is 0 Å². The summed E-state index contributed by atoms with van der Waals surface area (Å²) in [6, 6.07) is 7.79. The fourth-order valence-corrected chi connectivity index (χ4v) is 2.95. The van der Waals surface area contributed by atoms with E-state index in [0.717, 1.165) is 30.5 Å². The number of hydrogen-bond donors (Lipinski definition) is 1. The summed E-state index contributed by atoms with van der Waals surface area (Å²) >= 11 is 0. The molecule has 0 bridgehead atoms. The zero-order chi connectivity index (χ0) is 17.6. The van der Waals surface area contributed by atoms with Gasteiger partial charge in [0.1, 0.15) is 18.2 Å². The average molecular weight is 343 g/mol. The molecule has 5 nitrogen and oxygen atoms in total. The van der Waals surface area contributed by atoms with Gasteiger partial charge in [0.2, 0.25) is 0 Å². The third kappa shape index (κ3) is 4.47. The van der Waals surface area contributed by atoms with E-state index in [0.29, 0.717) is 18.9 Å². The molecule has 6 heteroatoms. The summed E-state index contributed by atoms with van der Waals surface area (Å²) in [5.74, 6) is 0.319. The molecule has 1 aliphatic rings. The first-order valence-electron chi connectivity index (χ1n) is 8.46. The van der Waals surface area contributed by atoms with Crippen molar-refractivity contribution >= 4 is 6.03 Å². The van der Waals surface area contributed by atoms with Gasteiger partial charge in [0, 0.05) is 25.5 Å². The summed E-state index contributed by atoms with van der Waals surface area (Å²) in [7, 11) is 0. The molecule has 132 valence electrons. The summed E-state index contributed by atoms with van der Waals surface area (Å²) in [4.78, 5) is 18.4. The minimum absolute atomic E-state index is 0.0278. The number of hydrogen-bond acceptors (Lipinski definition) is 3. The minimum atomic E-state index is -0.292. The first-order chi connectivity index (χ1) is 12.1. The molecule has 0 radical (unpaired) electrons. The average Bonchev–Trinajstić information content (AvgIpc) is 3.09. The summed E-state index contributed by atoms with van der Waals surface area (Å²) in [5, 5.41) is 2.96. The lowest BCUT2D eigenvalue weighted by atomic mass is 10.2. The number of carbonyl (C=O) groups is 1. The normalized spacial score (nSPS) is 16.7. The van der Waals surface area contributed by atoms with Gasteiger partial charge in [-0.05, 0) is 61.2 Å². The smallest absolute Gasteiger partial charge is 0.318 e. The van der Waals surface area contributed by atoms with E-state index in [-0.39, 0.29) is 17.9 Å². The summed E-state index contributed by atoms with van der Waals surface area (Å²) in [6.45, 7) is 3.58. The Kier molecular flexibility index (Phi) is 5.48. The van der Waals surface area contributed by atoms with Gasteiger partial charge in [-0.15, -0.1) is 0 Å². The monoisotopic (exact) mass is 343 g/mol. The fraction of sp³-hybridized carbons (Fsp3) is 0.368. The van der Waals surface area contributed by atoms with Crippen LogP contribution in [0.25, 0.3) is 0 Å². The quantitative estimate of drug-likeness (QED) is 0.906. The van der Waals surface area contributed by atoms with Gasteiger partial charge in [0.15, 0.2) is 0 Å². The van der Waals surface area contributed by atoms with Crippen molar-refractivity contribution in [1.82, 2.24) is 15.2 Å². The van der Waals surface area contributed by atoms with Crippen LogP contribution in [0.1, 0.15) is 24.0 Å². The Hall–Kier alpha value is -2.63. The molecule has 1 aromatic carbocycles. The highest BCUT2D eigenvalue weighted by atomic mass is 19.1. The SMILES string of the molecule is Cc1ccncc1CNC(=O)N1CCC[C@H]1COc1ccc(F)cc1. The van der Waals surface area contributed by atoms with Gasteiger partial charge >= 0.3 is 6.03 Å². The molecule has 0 saturated carbocycles. The summed E-state index contributed by atoms with van der Waals surface area (Å²) in [6.07, 6.45) is 5.37. The molecule has 3 rings (SSSR count). The Morgan fingerprint density at radius 2 is 2.16 bits per heavy atom. The summed E-state index contributed by atoms with van der Waals surface area (Å²) in [5.41, 5.74) is 2.11. The van der Waals surface area contributed by atoms with Crippen LogP contribution in [0.15, 0.2) is 42.7 Å². The molecule has 0 unspecified atom stereocenters. The largest absolute Gasteiger partial charge is 0.491 e. The van der Waals surface area contributed by atoms with Crippen LogP contribution in [-0.4, -0.2) is 35.1 Å². The Morgan fingerprint density at radius 3 is 2.92 bits per heavy atom.